The molecule has 1 aromatic rings. The second-order valence-electron chi connectivity index (χ2n) is 2.80. The van der Waals surface area contributed by atoms with Gasteiger partial charge in [0, 0.05) is 0 Å². The van der Waals surface area contributed by atoms with E-state index in [1.807, 2.05) is 0 Å². The number of carbonyl (C=O) groups is 1. The SMILES string of the molecule is CCOc1ccc(OC(F)(F)F)c(C=O)c1. The van der Waals surface area contributed by atoms with Crippen LogP contribution in [-0.4, -0.2) is 19.3 Å². The number of hydrogen-bond acceptors (Lipinski definition) is 3. The monoisotopic (exact) mass is 234 g/mol. The fourth-order valence-electron chi connectivity index (χ4n) is 1.09. The Hall–Kier alpha value is -1.72. The van der Waals surface area contributed by atoms with Crippen LogP contribution >= 0.6 is 0 Å². The van der Waals surface area contributed by atoms with Crippen LogP contribution in [0.4, 0.5) is 13.2 Å². The molecule has 0 aliphatic rings. The summed E-state index contributed by atoms with van der Waals surface area (Å²) in [6, 6.07) is 3.54. The average Bonchev–Trinajstić information content (AvgIpc) is 2.18. The maximum atomic E-state index is 11.9. The molecule has 3 nitrogen and oxygen atoms in total. The van der Waals surface area contributed by atoms with Crippen LogP contribution in [0.3, 0.4) is 0 Å². The van der Waals surface area contributed by atoms with E-state index < -0.39 is 12.1 Å². The standard InChI is InChI=1S/C10H9F3O3/c1-2-15-8-3-4-9(7(5-8)6-14)16-10(11,12)13/h3-6H,2H2,1H3. The van der Waals surface area contributed by atoms with Crippen molar-refractivity contribution in [2.75, 3.05) is 6.61 Å². The summed E-state index contributed by atoms with van der Waals surface area (Å²) in [6.45, 7) is 2.08. The molecule has 0 aliphatic carbocycles. The lowest BCUT2D eigenvalue weighted by Crippen LogP contribution is -2.18. The van der Waals surface area contributed by atoms with Gasteiger partial charge in [-0.3, -0.25) is 4.79 Å². The largest absolute Gasteiger partial charge is 0.573 e. The first-order valence-electron chi connectivity index (χ1n) is 4.44. The number of ether oxygens (including phenoxy) is 2. The topological polar surface area (TPSA) is 35.5 Å². The summed E-state index contributed by atoms with van der Waals surface area (Å²) >= 11 is 0. The van der Waals surface area contributed by atoms with Crippen LogP contribution in [-0.2, 0) is 0 Å². The van der Waals surface area contributed by atoms with Gasteiger partial charge in [0.2, 0.25) is 0 Å². The van der Waals surface area contributed by atoms with Crippen LogP contribution in [0.25, 0.3) is 0 Å². The van der Waals surface area contributed by atoms with Gasteiger partial charge in [0.05, 0.1) is 12.2 Å². The normalized spacial score (nSPS) is 11.0. The molecule has 0 amide bonds. The molecule has 0 atom stereocenters. The number of aldehydes is 1. The Morgan fingerprint density at radius 3 is 2.56 bits per heavy atom. The second-order valence-corrected chi connectivity index (χ2v) is 2.80. The molecule has 0 bridgehead atoms. The van der Waals surface area contributed by atoms with Crippen molar-refractivity contribution in [3.63, 3.8) is 0 Å². The Kier molecular flexibility index (Phi) is 3.76. The van der Waals surface area contributed by atoms with Crippen molar-refractivity contribution in [1.82, 2.24) is 0 Å². The summed E-state index contributed by atoms with van der Waals surface area (Å²) < 4.78 is 44.5. The Morgan fingerprint density at radius 2 is 2.06 bits per heavy atom. The molecule has 0 fully saturated rings. The minimum absolute atomic E-state index is 0.205. The van der Waals surface area contributed by atoms with Gasteiger partial charge < -0.3 is 9.47 Å². The minimum atomic E-state index is -4.81. The highest BCUT2D eigenvalue weighted by molar-refractivity contribution is 5.80. The molecule has 0 saturated carbocycles. The molecule has 0 aliphatic heterocycles. The molecular formula is C10H9F3O3. The lowest BCUT2D eigenvalue weighted by molar-refractivity contribution is -0.274. The minimum Gasteiger partial charge on any atom is -0.494 e. The number of halogens is 3. The summed E-state index contributed by atoms with van der Waals surface area (Å²) in [7, 11) is 0. The van der Waals surface area contributed by atoms with Crippen molar-refractivity contribution in [3.8, 4) is 11.5 Å². The lowest BCUT2D eigenvalue weighted by Gasteiger charge is -2.11. The first kappa shape index (κ1) is 12.4. The van der Waals surface area contributed by atoms with E-state index in [0.717, 1.165) is 6.07 Å². The molecule has 1 rings (SSSR count). The number of alkyl halides is 3. The predicted octanol–water partition coefficient (Wildman–Crippen LogP) is 2.80. The zero-order valence-corrected chi connectivity index (χ0v) is 8.38. The Morgan fingerprint density at radius 1 is 1.38 bits per heavy atom. The Balaban J connectivity index is 2.97. The van der Waals surface area contributed by atoms with Crippen molar-refractivity contribution >= 4 is 6.29 Å². The van der Waals surface area contributed by atoms with Crippen LogP contribution in [0.2, 0.25) is 0 Å². The highest BCUT2D eigenvalue weighted by Crippen LogP contribution is 2.28. The fraction of sp³-hybridized carbons (Fsp3) is 0.300. The Labute approximate surface area is 89.8 Å². The summed E-state index contributed by atoms with van der Waals surface area (Å²) in [5.41, 5.74) is -0.205. The van der Waals surface area contributed by atoms with Gasteiger partial charge in [0.15, 0.2) is 6.29 Å². The number of carbonyl (C=O) groups excluding carboxylic acids is 1. The number of hydrogen-bond donors (Lipinski definition) is 0. The fourth-order valence-corrected chi connectivity index (χ4v) is 1.09. The first-order chi connectivity index (χ1) is 7.46. The van der Waals surface area contributed by atoms with E-state index in [1.54, 1.807) is 6.92 Å². The van der Waals surface area contributed by atoms with Crippen molar-refractivity contribution in [1.29, 1.82) is 0 Å². The zero-order chi connectivity index (χ0) is 12.2. The summed E-state index contributed by atoms with van der Waals surface area (Å²) in [5, 5.41) is 0. The van der Waals surface area contributed by atoms with Crippen LogP contribution in [0, 0.1) is 0 Å². The van der Waals surface area contributed by atoms with E-state index in [0.29, 0.717) is 12.4 Å². The van der Waals surface area contributed by atoms with Crippen molar-refractivity contribution in [3.05, 3.63) is 23.8 Å². The average molecular weight is 234 g/mol. The van der Waals surface area contributed by atoms with Crippen LogP contribution < -0.4 is 9.47 Å². The van der Waals surface area contributed by atoms with Gasteiger partial charge in [-0.25, -0.2) is 0 Å². The molecule has 0 unspecified atom stereocenters. The number of benzene rings is 1. The molecule has 0 heterocycles. The number of rotatable bonds is 4. The third-order valence-corrected chi connectivity index (χ3v) is 1.64. The molecule has 6 heteroatoms. The molecule has 0 saturated heterocycles. The quantitative estimate of drug-likeness (QED) is 0.751. The molecule has 0 aromatic heterocycles. The van der Waals surface area contributed by atoms with Crippen molar-refractivity contribution < 1.29 is 27.4 Å². The Bertz CT molecular complexity index is 374. The van der Waals surface area contributed by atoms with Gasteiger partial charge in [-0.05, 0) is 25.1 Å². The van der Waals surface area contributed by atoms with E-state index in [-0.39, 0.29) is 11.8 Å². The third-order valence-electron chi connectivity index (χ3n) is 1.64. The zero-order valence-electron chi connectivity index (χ0n) is 8.38. The van der Waals surface area contributed by atoms with Crippen molar-refractivity contribution in [2.45, 2.75) is 13.3 Å². The van der Waals surface area contributed by atoms with Gasteiger partial charge in [-0.2, -0.15) is 0 Å². The summed E-state index contributed by atoms with van der Waals surface area (Å²) in [5.74, 6) is -0.218. The molecule has 1 aromatic carbocycles. The highest BCUT2D eigenvalue weighted by atomic mass is 19.4. The lowest BCUT2D eigenvalue weighted by atomic mass is 10.2. The van der Waals surface area contributed by atoms with Gasteiger partial charge in [-0.15, -0.1) is 13.2 Å². The smallest absolute Gasteiger partial charge is 0.494 e. The van der Waals surface area contributed by atoms with Gasteiger partial charge in [0.1, 0.15) is 11.5 Å². The van der Waals surface area contributed by atoms with Crippen LogP contribution in [0.5, 0.6) is 11.5 Å². The van der Waals surface area contributed by atoms with Crippen LogP contribution in [0.15, 0.2) is 18.2 Å². The van der Waals surface area contributed by atoms with E-state index in [4.69, 9.17) is 4.74 Å². The molecule has 0 spiro atoms. The second kappa shape index (κ2) is 4.87. The molecule has 0 radical (unpaired) electrons. The van der Waals surface area contributed by atoms with Gasteiger partial charge in [-0.1, -0.05) is 0 Å². The van der Waals surface area contributed by atoms with E-state index in [9.17, 15) is 18.0 Å². The molecule has 88 valence electrons. The summed E-state index contributed by atoms with van der Waals surface area (Å²) in [6.07, 6.45) is -4.53. The highest BCUT2D eigenvalue weighted by Gasteiger charge is 2.32. The van der Waals surface area contributed by atoms with Crippen molar-refractivity contribution in [2.24, 2.45) is 0 Å². The van der Waals surface area contributed by atoms with Crippen LogP contribution in [0.1, 0.15) is 17.3 Å². The third kappa shape index (κ3) is 3.45. The van der Waals surface area contributed by atoms with Gasteiger partial charge in [0.25, 0.3) is 0 Å². The van der Waals surface area contributed by atoms with E-state index >= 15 is 0 Å². The maximum Gasteiger partial charge on any atom is 0.573 e. The van der Waals surface area contributed by atoms with E-state index in [1.165, 1.54) is 12.1 Å². The van der Waals surface area contributed by atoms with Gasteiger partial charge >= 0.3 is 6.36 Å². The molecular weight excluding hydrogens is 225 g/mol. The molecule has 0 N–H and O–H groups in total. The molecule has 16 heavy (non-hydrogen) atoms. The maximum absolute atomic E-state index is 11.9. The summed E-state index contributed by atoms with van der Waals surface area (Å²) in [4.78, 5) is 10.6. The predicted molar refractivity (Wildman–Crippen MR) is 49.7 cm³/mol. The first-order valence-corrected chi connectivity index (χ1v) is 4.44. The van der Waals surface area contributed by atoms with E-state index in [2.05, 4.69) is 4.74 Å².